The van der Waals surface area contributed by atoms with Crippen molar-refractivity contribution in [3.8, 4) is 17.1 Å². The number of likely N-dealkylation sites (tertiary alicyclic amines) is 1. The van der Waals surface area contributed by atoms with Gasteiger partial charge in [0.05, 0.1) is 7.11 Å². The molecule has 2 heterocycles. The zero-order chi connectivity index (χ0) is 19.1. The Morgan fingerprint density at radius 2 is 2.04 bits per heavy atom. The van der Waals surface area contributed by atoms with Crippen molar-refractivity contribution >= 4 is 5.91 Å². The first-order chi connectivity index (χ1) is 13.2. The molecule has 0 radical (unpaired) electrons. The van der Waals surface area contributed by atoms with Crippen LogP contribution in [0.3, 0.4) is 0 Å². The fraction of sp³-hybridized carbons (Fsp3) is 0.550. The molecule has 1 aromatic carbocycles. The molecule has 146 valence electrons. The summed E-state index contributed by atoms with van der Waals surface area (Å²) in [6, 6.07) is 7.74. The number of hydrogen-bond donors (Lipinski definition) is 1. The number of nitrogens with zero attached hydrogens (tertiary/aromatic N) is 3. The third-order valence-corrected chi connectivity index (χ3v) is 4.87. The summed E-state index contributed by atoms with van der Waals surface area (Å²) in [6.07, 6.45) is 4.03. The summed E-state index contributed by atoms with van der Waals surface area (Å²) in [7, 11) is 1.63. The van der Waals surface area contributed by atoms with Gasteiger partial charge < -0.3 is 19.5 Å². The summed E-state index contributed by atoms with van der Waals surface area (Å²) in [5.74, 6) is 1.83. The van der Waals surface area contributed by atoms with E-state index >= 15 is 0 Å². The summed E-state index contributed by atoms with van der Waals surface area (Å²) in [5, 5.41) is 7.13. The number of methoxy groups -OCH3 is 1. The first kappa shape index (κ1) is 19.4. The molecule has 1 N–H and O–H groups in total. The number of benzene rings is 1. The summed E-state index contributed by atoms with van der Waals surface area (Å²) in [6.45, 7) is 5.47. The molecule has 0 saturated carbocycles. The molecule has 1 aliphatic rings. The van der Waals surface area contributed by atoms with Crippen molar-refractivity contribution in [3.05, 3.63) is 30.2 Å². The number of amides is 1. The van der Waals surface area contributed by atoms with Crippen LogP contribution in [0.15, 0.2) is 28.8 Å². The zero-order valence-electron chi connectivity index (χ0n) is 16.1. The second kappa shape index (κ2) is 9.50. The Balaban J connectivity index is 1.43. The molecule has 0 bridgehead atoms. The Bertz CT molecular complexity index is 721. The van der Waals surface area contributed by atoms with Gasteiger partial charge >= 0.3 is 0 Å². The van der Waals surface area contributed by atoms with Gasteiger partial charge in [-0.15, -0.1) is 0 Å². The Kier molecular flexibility index (Phi) is 6.81. The van der Waals surface area contributed by atoms with Gasteiger partial charge in [-0.05, 0) is 50.1 Å². The number of nitrogens with one attached hydrogen (secondary N) is 1. The normalized spacial score (nSPS) is 15.6. The molecule has 1 saturated heterocycles. The van der Waals surface area contributed by atoms with Gasteiger partial charge in [0.25, 0.3) is 0 Å². The number of ether oxygens (including phenoxy) is 1. The Labute approximate surface area is 160 Å². The van der Waals surface area contributed by atoms with Crippen LogP contribution in [0.4, 0.5) is 0 Å². The van der Waals surface area contributed by atoms with Crippen LogP contribution >= 0.6 is 0 Å². The van der Waals surface area contributed by atoms with Gasteiger partial charge in [-0.2, -0.15) is 4.98 Å². The Morgan fingerprint density at radius 3 is 2.70 bits per heavy atom. The molecule has 2 aromatic rings. The molecule has 1 amide bonds. The molecular weight excluding hydrogens is 344 g/mol. The van der Waals surface area contributed by atoms with E-state index in [1.807, 2.05) is 24.3 Å². The van der Waals surface area contributed by atoms with E-state index in [2.05, 4.69) is 27.3 Å². The third-order valence-electron chi connectivity index (χ3n) is 4.87. The van der Waals surface area contributed by atoms with Crippen LogP contribution in [0.1, 0.15) is 38.5 Å². The van der Waals surface area contributed by atoms with Crippen LogP contribution in [-0.2, 0) is 11.2 Å². The van der Waals surface area contributed by atoms with Crippen molar-refractivity contribution in [1.82, 2.24) is 20.4 Å². The van der Waals surface area contributed by atoms with E-state index in [0.29, 0.717) is 24.6 Å². The lowest BCUT2D eigenvalue weighted by Gasteiger charge is -2.32. The van der Waals surface area contributed by atoms with Crippen molar-refractivity contribution in [2.24, 2.45) is 0 Å². The topological polar surface area (TPSA) is 80.5 Å². The van der Waals surface area contributed by atoms with Crippen LogP contribution in [-0.4, -0.2) is 53.7 Å². The maximum absolute atomic E-state index is 12.2. The SMILES string of the molecule is CCCN1CCC(NC(=O)CCc2nc(-c3ccc(OC)cc3)no2)CC1. The number of carbonyl (C=O) groups is 1. The lowest BCUT2D eigenvalue weighted by atomic mass is 10.0. The predicted octanol–water partition coefficient (Wildman–Crippen LogP) is 2.67. The highest BCUT2D eigenvalue weighted by Gasteiger charge is 2.20. The van der Waals surface area contributed by atoms with Gasteiger partial charge in [-0.3, -0.25) is 4.79 Å². The molecule has 1 aromatic heterocycles. The first-order valence-corrected chi connectivity index (χ1v) is 9.66. The number of piperidine rings is 1. The average Bonchev–Trinajstić information content (AvgIpc) is 3.17. The van der Waals surface area contributed by atoms with Crippen LogP contribution in [0, 0.1) is 0 Å². The van der Waals surface area contributed by atoms with Crippen molar-refractivity contribution in [2.45, 2.75) is 45.1 Å². The minimum Gasteiger partial charge on any atom is -0.497 e. The van der Waals surface area contributed by atoms with Crippen molar-refractivity contribution < 1.29 is 14.1 Å². The number of rotatable bonds is 8. The average molecular weight is 372 g/mol. The van der Waals surface area contributed by atoms with Crippen LogP contribution in [0.5, 0.6) is 5.75 Å². The fourth-order valence-corrected chi connectivity index (χ4v) is 3.35. The summed E-state index contributed by atoms with van der Waals surface area (Å²) in [4.78, 5) is 19.1. The molecule has 27 heavy (non-hydrogen) atoms. The predicted molar refractivity (Wildman–Crippen MR) is 103 cm³/mol. The van der Waals surface area contributed by atoms with E-state index in [1.165, 1.54) is 6.42 Å². The summed E-state index contributed by atoms with van der Waals surface area (Å²) in [5.41, 5.74) is 0.856. The number of hydrogen-bond acceptors (Lipinski definition) is 6. The Morgan fingerprint density at radius 1 is 1.30 bits per heavy atom. The van der Waals surface area contributed by atoms with Gasteiger partial charge in [0.1, 0.15) is 5.75 Å². The molecule has 0 spiro atoms. The maximum Gasteiger partial charge on any atom is 0.227 e. The molecule has 0 atom stereocenters. The van der Waals surface area contributed by atoms with E-state index in [4.69, 9.17) is 9.26 Å². The molecule has 7 heteroatoms. The largest absolute Gasteiger partial charge is 0.497 e. The first-order valence-electron chi connectivity index (χ1n) is 9.66. The quantitative estimate of drug-likeness (QED) is 0.767. The highest BCUT2D eigenvalue weighted by Crippen LogP contribution is 2.20. The van der Waals surface area contributed by atoms with E-state index < -0.39 is 0 Å². The zero-order valence-corrected chi connectivity index (χ0v) is 16.1. The highest BCUT2D eigenvalue weighted by molar-refractivity contribution is 5.76. The minimum absolute atomic E-state index is 0.0492. The Hall–Kier alpha value is -2.41. The van der Waals surface area contributed by atoms with Crippen molar-refractivity contribution in [3.63, 3.8) is 0 Å². The molecule has 1 aliphatic heterocycles. The lowest BCUT2D eigenvalue weighted by Crippen LogP contribution is -2.44. The second-order valence-corrected chi connectivity index (χ2v) is 6.92. The number of aryl methyl sites for hydroxylation is 1. The van der Waals surface area contributed by atoms with E-state index in [-0.39, 0.29) is 11.9 Å². The van der Waals surface area contributed by atoms with E-state index in [1.54, 1.807) is 7.11 Å². The molecule has 0 unspecified atom stereocenters. The molecular formula is C20H28N4O3. The molecule has 3 rings (SSSR count). The van der Waals surface area contributed by atoms with Gasteiger partial charge in [-0.25, -0.2) is 0 Å². The smallest absolute Gasteiger partial charge is 0.227 e. The number of carbonyl (C=O) groups excluding carboxylic acids is 1. The van der Waals surface area contributed by atoms with Gasteiger partial charge in [0.2, 0.25) is 17.6 Å². The van der Waals surface area contributed by atoms with E-state index in [9.17, 15) is 4.79 Å². The third kappa shape index (κ3) is 5.53. The number of aromatic nitrogens is 2. The second-order valence-electron chi connectivity index (χ2n) is 6.92. The fourth-order valence-electron chi connectivity index (χ4n) is 3.35. The van der Waals surface area contributed by atoms with Crippen LogP contribution < -0.4 is 10.1 Å². The van der Waals surface area contributed by atoms with Crippen molar-refractivity contribution in [2.75, 3.05) is 26.7 Å². The minimum atomic E-state index is 0.0492. The summed E-state index contributed by atoms with van der Waals surface area (Å²) < 4.78 is 10.4. The molecule has 0 aliphatic carbocycles. The maximum atomic E-state index is 12.2. The van der Waals surface area contributed by atoms with Crippen LogP contribution in [0.2, 0.25) is 0 Å². The summed E-state index contributed by atoms with van der Waals surface area (Å²) >= 11 is 0. The highest BCUT2D eigenvalue weighted by atomic mass is 16.5. The molecule has 1 fully saturated rings. The molecule has 7 nitrogen and oxygen atoms in total. The lowest BCUT2D eigenvalue weighted by molar-refractivity contribution is -0.122. The monoisotopic (exact) mass is 372 g/mol. The van der Waals surface area contributed by atoms with Crippen molar-refractivity contribution in [1.29, 1.82) is 0 Å². The van der Waals surface area contributed by atoms with E-state index in [0.717, 1.165) is 43.8 Å². The van der Waals surface area contributed by atoms with Gasteiger partial charge in [0, 0.05) is 37.5 Å². The van der Waals surface area contributed by atoms with Gasteiger partial charge in [-0.1, -0.05) is 12.1 Å². The van der Waals surface area contributed by atoms with Crippen LogP contribution in [0.25, 0.3) is 11.4 Å². The standard InChI is InChI=1S/C20H28N4O3/c1-3-12-24-13-10-16(11-14-24)21-18(25)8-9-19-22-20(23-27-19)15-4-6-17(26-2)7-5-15/h4-7,16H,3,8-14H2,1-2H3,(H,21,25). The van der Waals surface area contributed by atoms with Gasteiger partial charge in [0.15, 0.2) is 0 Å².